The van der Waals surface area contributed by atoms with Crippen molar-refractivity contribution in [1.29, 1.82) is 5.26 Å². The Morgan fingerprint density at radius 3 is 2.29 bits per heavy atom. The number of anilines is 1. The molecule has 2 aromatic rings. The molecular formula is C26H31N3O5S. The molecular weight excluding hydrogens is 466 g/mol. The van der Waals surface area contributed by atoms with Crippen LogP contribution in [0.25, 0.3) is 0 Å². The Labute approximate surface area is 207 Å². The molecule has 1 saturated carbocycles. The summed E-state index contributed by atoms with van der Waals surface area (Å²) in [6, 6.07) is 16.4. The van der Waals surface area contributed by atoms with E-state index in [-0.39, 0.29) is 29.5 Å². The van der Waals surface area contributed by atoms with E-state index in [0.717, 1.165) is 32.1 Å². The lowest BCUT2D eigenvalue weighted by Crippen LogP contribution is -2.40. The molecule has 3 rings (SSSR count). The second-order valence-electron chi connectivity index (χ2n) is 8.62. The Bertz CT molecular complexity index is 1150. The van der Waals surface area contributed by atoms with Gasteiger partial charge in [0, 0.05) is 25.3 Å². The van der Waals surface area contributed by atoms with Crippen LogP contribution in [-0.4, -0.2) is 50.3 Å². The van der Waals surface area contributed by atoms with Crippen molar-refractivity contribution >= 4 is 27.6 Å². The van der Waals surface area contributed by atoms with E-state index in [0.29, 0.717) is 5.69 Å². The van der Waals surface area contributed by atoms with Gasteiger partial charge in [0.05, 0.1) is 22.9 Å². The summed E-state index contributed by atoms with van der Waals surface area (Å²) >= 11 is 0. The third kappa shape index (κ3) is 6.47. The maximum Gasteiger partial charge on any atom is 0.338 e. The lowest BCUT2D eigenvalue weighted by molar-refractivity contribution is -0.126. The highest BCUT2D eigenvalue weighted by Crippen LogP contribution is 2.26. The fraction of sp³-hybridized carbons (Fsp3) is 0.423. The van der Waals surface area contributed by atoms with Crippen LogP contribution in [0, 0.1) is 11.3 Å². The van der Waals surface area contributed by atoms with Crippen molar-refractivity contribution in [3.63, 3.8) is 0 Å². The van der Waals surface area contributed by atoms with E-state index in [1.807, 2.05) is 12.1 Å². The third-order valence-electron chi connectivity index (χ3n) is 6.27. The number of amides is 1. The number of hydrogen-bond acceptors (Lipinski definition) is 6. The van der Waals surface area contributed by atoms with E-state index < -0.39 is 28.0 Å². The standard InChI is InChI=1S/C26H31N3O5S/c1-20(25(30)29(19-9-18-27)23-12-7-4-8-13-23)34-26(31)21-14-16-24(17-15-21)35(32,33)28(2)22-10-5-3-6-11-22/h4,7-8,12-17,20,22H,3,5-6,9-11,19H2,1-2H3. The van der Waals surface area contributed by atoms with Crippen LogP contribution in [0.4, 0.5) is 5.69 Å². The van der Waals surface area contributed by atoms with Gasteiger partial charge in [-0.3, -0.25) is 4.79 Å². The summed E-state index contributed by atoms with van der Waals surface area (Å²) in [6.45, 7) is 1.64. The maximum absolute atomic E-state index is 13.0. The Morgan fingerprint density at radius 1 is 1.06 bits per heavy atom. The largest absolute Gasteiger partial charge is 0.449 e. The van der Waals surface area contributed by atoms with Gasteiger partial charge in [-0.1, -0.05) is 37.5 Å². The predicted octanol–water partition coefficient (Wildman–Crippen LogP) is 4.13. The molecule has 0 aliphatic heterocycles. The highest BCUT2D eigenvalue weighted by Gasteiger charge is 2.30. The SMILES string of the molecule is CC(OC(=O)c1ccc(S(=O)(=O)N(C)C2CCCCC2)cc1)C(=O)N(CCC#N)c1ccccc1. The summed E-state index contributed by atoms with van der Waals surface area (Å²) < 4.78 is 32.8. The second-order valence-corrected chi connectivity index (χ2v) is 10.6. The minimum Gasteiger partial charge on any atom is -0.449 e. The van der Waals surface area contributed by atoms with Crippen LogP contribution in [0.5, 0.6) is 0 Å². The van der Waals surface area contributed by atoms with E-state index in [1.165, 1.54) is 40.4 Å². The molecule has 9 heteroatoms. The second kappa shape index (κ2) is 12.0. The highest BCUT2D eigenvalue weighted by molar-refractivity contribution is 7.89. The van der Waals surface area contributed by atoms with Crippen LogP contribution in [0.1, 0.15) is 55.8 Å². The minimum absolute atomic E-state index is 0.0150. The number of nitrogens with zero attached hydrogens (tertiary/aromatic N) is 3. The van der Waals surface area contributed by atoms with Gasteiger partial charge in [-0.25, -0.2) is 13.2 Å². The molecule has 1 aliphatic rings. The lowest BCUT2D eigenvalue weighted by Gasteiger charge is -2.30. The summed E-state index contributed by atoms with van der Waals surface area (Å²) in [5.41, 5.74) is 0.750. The van der Waals surface area contributed by atoms with Crippen LogP contribution < -0.4 is 4.90 Å². The zero-order chi connectivity index (χ0) is 25.4. The Balaban J connectivity index is 1.68. The normalized spacial score (nSPS) is 15.3. The van der Waals surface area contributed by atoms with Crippen molar-refractivity contribution in [2.75, 3.05) is 18.5 Å². The van der Waals surface area contributed by atoms with Gasteiger partial charge in [-0.2, -0.15) is 9.57 Å². The van der Waals surface area contributed by atoms with Gasteiger partial charge >= 0.3 is 5.97 Å². The number of rotatable bonds is 9. The molecule has 0 saturated heterocycles. The molecule has 186 valence electrons. The first-order chi connectivity index (χ1) is 16.8. The molecule has 0 spiro atoms. The van der Waals surface area contributed by atoms with Gasteiger partial charge in [0.15, 0.2) is 6.10 Å². The zero-order valence-electron chi connectivity index (χ0n) is 20.1. The molecule has 0 radical (unpaired) electrons. The fourth-order valence-electron chi connectivity index (χ4n) is 4.20. The van der Waals surface area contributed by atoms with Gasteiger partial charge in [0.25, 0.3) is 5.91 Å². The smallest absolute Gasteiger partial charge is 0.338 e. The molecule has 8 nitrogen and oxygen atoms in total. The summed E-state index contributed by atoms with van der Waals surface area (Å²) in [5, 5.41) is 8.95. The number of benzene rings is 2. The van der Waals surface area contributed by atoms with Crippen molar-refractivity contribution < 1.29 is 22.7 Å². The molecule has 0 aromatic heterocycles. The van der Waals surface area contributed by atoms with E-state index in [9.17, 15) is 18.0 Å². The molecule has 1 fully saturated rings. The molecule has 2 aromatic carbocycles. The van der Waals surface area contributed by atoms with Crippen LogP contribution in [0.2, 0.25) is 0 Å². The van der Waals surface area contributed by atoms with Crippen LogP contribution in [-0.2, 0) is 19.6 Å². The third-order valence-corrected chi connectivity index (χ3v) is 8.19. The van der Waals surface area contributed by atoms with E-state index in [4.69, 9.17) is 10.00 Å². The number of sulfonamides is 1. The maximum atomic E-state index is 13.0. The van der Waals surface area contributed by atoms with Gasteiger partial charge in [0.1, 0.15) is 0 Å². The van der Waals surface area contributed by atoms with E-state index in [2.05, 4.69) is 0 Å². The molecule has 0 bridgehead atoms. The monoisotopic (exact) mass is 497 g/mol. The topological polar surface area (TPSA) is 108 Å². The Hall–Kier alpha value is -3.22. The van der Waals surface area contributed by atoms with Gasteiger partial charge in [0.2, 0.25) is 10.0 Å². The van der Waals surface area contributed by atoms with E-state index >= 15 is 0 Å². The number of para-hydroxylation sites is 1. The molecule has 0 N–H and O–H groups in total. The first-order valence-corrected chi connectivity index (χ1v) is 13.2. The average molecular weight is 498 g/mol. The molecule has 1 unspecified atom stereocenters. The molecule has 1 atom stereocenters. The molecule has 35 heavy (non-hydrogen) atoms. The molecule has 0 heterocycles. The van der Waals surface area contributed by atoms with E-state index in [1.54, 1.807) is 31.3 Å². The van der Waals surface area contributed by atoms with Crippen LogP contribution >= 0.6 is 0 Å². The summed E-state index contributed by atoms with van der Waals surface area (Å²) in [6.07, 6.45) is 3.90. The van der Waals surface area contributed by atoms with Gasteiger partial charge in [-0.15, -0.1) is 0 Å². The van der Waals surface area contributed by atoms with Crippen molar-refractivity contribution in [2.45, 2.75) is 62.5 Å². The number of nitriles is 1. The first-order valence-electron chi connectivity index (χ1n) is 11.8. The quantitative estimate of drug-likeness (QED) is 0.482. The van der Waals surface area contributed by atoms with Crippen molar-refractivity contribution in [1.82, 2.24) is 4.31 Å². The van der Waals surface area contributed by atoms with Gasteiger partial charge in [-0.05, 0) is 56.2 Å². The van der Waals surface area contributed by atoms with Crippen LogP contribution in [0.15, 0.2) is 59.5 Å². The number of esters is 1. The highest BCUT2D eigenvalue weighted by atomic mass is 32.2. The number of carbonyl (C=O) groups is 2. The number of carbonyl (C=O) groups excluding carboxylic acids is 2. The summed E-state index contributed by atoms with van der Waals surface area (Å²) in [4.78, 5) is 27.2. The summed E-state index contributed by atoms with van der Waals surface area (Å²) in [5.74, 6) is -1.18. The van der Waals surface area contributed by atoms with Crippen molar-refractivity contribution in [3.8, 4) is 6.07 Å². The Kier molecular flexibility index (Phi) is 9.01. The Morgan fingerprint density at radius 2 is 1.69 bits per heavy atom. The van der Waals surface area contributed by atoms with Crippen molar-refractivity contribution in [3.05, 3.63) is 60.2 Å². The zero-order valence-corrected chi connectivity index (χ0v) is 20.9. The number of hydrogen-bond donors (Lipinski definition) is 0. The lowest BCUT2D eigenvalue weighted by atomic mass is 9.96. The molecule has 1 amide bonds. The molecule has 1 aliphatic carbocycles. The average Bonchev–Trinajstić information content (AvgIpc) is 2.89. The summed E-state index contributed by atoms with van der Waals surface area (Å²) in [7, 11) is -2.07. The van der Waals surface area contributed by atoms with Crippen LogP contribution in [0.3, 0.4) is 0 Å². The van der Waals surface area contributed by atoms with Gasteiger partial charge < -0.3 is 9.64 Å². The number of ether oxygens (including phenoxy) is 1. The minimum atomic E-state index is -3.67. The first kappa shape index (κ1) is 26.4. The predicted molar refractivity (Wildman–Crippen MR) is 132 cm³/mol. The fourth-order valence-corrected chi connectivity index (χ4v) is 5.62. The van der Waals surface area contributed by atoms with Crippen molar-refractivity contribution in [2.24, 2.45) is 0 Å².